The van der Waals surface area contributed by atoms with E-state index in [-0.39, 0.29) is 139 Å². The number of rotatable bonds is 46. The van der Waals surface area contributed by atoms with Crippen LogP contribution in [0.15, 0.2) is 54.6 Å². The number of amides is 6. The zero-order chi connectivity index (χ0) is 72.2. The maximum atomic E-state index is 14.7. The summed E-state index contributed by atoms with van der Waals surface area (Å²) in [6, 6.07) is 13.1. The molecule has 21 heteroatoms. The molecule has 5 N–H and O–H groups in total. The Balaban J connectivity index is 1.43. The van der Waals surface area contributed by atoms with Crippen LogP contribution in [-0.2, 0) is 70.3 Å². The van der Waals surface area contributed by atoms with E-state index in [0.717, 1.165) is 24.2 Å². The first-order valence-corrected chi connectivity index (χ1v) is 36.9. The number of likely N-dealkylation sites (N-methyl/N-ethyl adjacent to an activating group) is 2. The Hall–Kier alpha value is -6.16. The van der Waals surface area contributed by atoms with E-state index in [1.165, 1.54) is 7.11 Å². The fourth-order valence-electron chi connectivity index (χ4n) is 14.3. The number of nitrogens with zero attached hydrogens (tertiary/aromatic N) is 3. The van der Waals surface area contributed by atoms with Crippen LogP contribution in [0, 0.1) is 53.3 Å². The highest BCUT2D eigenvalue weighted by Crippen LogP contribution is 2.35. The number of hydrogen-bond donors (Lipinski definition) is 4. The molecule has 3 unspecified atom stereocenters. The average molecular weight is 1370 g/mol. The third-order valence-corrected chi connectivity index (χ3v) is 21.4. The number of methoxy groups -OCH3 is 2. The molecule has 1 heterocycles. The first-order valence-electron chi connectivity index (χ1n) is 35.8. The Morgan fingerprint density at radius 2 is 1.39 bits per heavy atom. The van der Waals surface area contributed by atoms with Gasteiger partial charge in [0.1, 0.15) is 17.3 Å². The van der Waals surface area contributed by atoms with E-state index in [1.54, 1.807) is 66.9 Å². The zero-order valence-corrected chi connectivity index (χ0v) is 61.9. The van der Waals surface area contributed by atoms with Crippen molar-refractivity contribution in [2.45, 2.75) is 233 Å². The molecule has 0 aromatic heterocycles. The van der Waals surface area contributed by atoms with E-state index < -0.39 is 77.8 Å². The highest BCUT2D eigenvalue weighted by atomic mass is 32.2. The third-order valence-electron chi connectivity index (χ3n) is 20.1. The predicted molar refractivity (Wildman–Crippen MR) is 382 cm³/mol. The number of ketones is 6. The zero-order valence-electron chi connectivity index (χ0n) is 61.1. The van der Waals surface area contributed by atoms with Gasteiger partial charge >= 0.3 is 6.03 Å². The van der Waals surface area contributed by atoms with Gasteiger partial charge in [-0.3, -0.25) is 52.8 Å². The lowest BCUT2D eigenvalue weighted by Crippen LogP contribution is -2.55. The Labute approximate surface area is 583 Å². The summed E-state index contributed by atoms with van der Waals surface area (Å²) in [4.78, 5) is 156. The van der Waals surface area contributed by atoms with Crippen molar-refractivity contribution >= 4 is 81.8 Å². The van der Waals surface area contributed by atoms with Crippen LogP contribution in [0.3, 0.4) is 0 Å². The number of likely N-dealkylation sites (tertiary alicyclic amines) is 1. The van der Waals surface area contributed by atoms with Gasteiger partial charge in [0.05, 0.1) is 59.9 Å². The number of carbonyl (C=O) groups is 11. The molecule has 1 aliphatic heterocycles. The first-order chi connectivity index (χ1) is 46.0. The van der Waals surface area contributed by atoms with Crippen molar-refractivity contribution in [3.8, 4) is 0 Å². The molecule has 6 amide bonds. The van der Waals surface area contributed by atoms with Crippen LogP contribution in [0.1, 0.15) is 190 Å². The first kappa shape index (κ1) is 83.3. The molecule has 97 heavy (non-hydrogen) atoms. The smallest absolute Gasteiger partial charge is 0.312 e. The largest absolute Gasteiger partial charge is 0.379 e. The molecule has 2 fully saturated rings. The number of nitrogens with one attached hydrogen (secondary N) is 3. The molecular weight excluding hydrogens is 1250 g/mol. The normalized spacial score (nSPS) is 18.8. The van der Waals surface area contributed by atoms with Crippen LogP contribution >= 0.6 is 11.8 Å². The van der Waals surface area contributed by atoms with E-state index in [1.807, 2.05) is 105 Å². The molecular formula is C76H119N7O13S. The van der Waals surface area contributed by atoms with Crippen molar-refractivity contribution in [3.05, 3.63) is 65.7 Å². The highest BCUT2D eigenvalue weighted by Gasteiger charge is 2.45. The molecule has 13 atom stereocenters. The minimum Gasteiger partial charge on any atom is -0.379 e. The van der Waals surface area contributed by atoms with Gasteiger partial charge in [0.25, 0.3) is 0 Å². The molecule has 1 aliphatic carbocycles. The van der Waals surface area contributed by atoms with Gasteiger partial charge in [0, 0.05) is 96.3 Å². The number of urea groups is 1. The van der Waals surface area contributed by atoms with Crippen LogP contribution in [0.4, 0.5) is 10.5 Å². The van der Waals surface area contributed by atoms with Crippen LogP contribution in [0.25, 0.3) is 0 Å². The summed E-state index contributed by atoms with van der Waals surface area (Å²) in [7, 11) is 8.57. The number of unbranched alkanes of at least 4 members (excludes halogenated alkanes) is 3. The van der Waals surface area contributed by atoms with Gasteiger partial charge in [-0.2, -0.15) is 11.8 Å². The Bertz CT molecular complexity index is 2880. The van der Waals surface area contributed by atoms with Gasteiger partial charge < -0.3 is 41.0 Å². The van der Waals surface area contributed by atoms with Crippen LogP contribution in [-0.4, -0.2) is 175 Å². The second-order valence-corrected chi connectivity index (χ2v) is 30.0. The third kappa shape index (κ3) is 25.8. The van der Waals surface area contributed by atoms with Gasteiger partial charge in [0.15, 0.2) is 17.3 Å². The van der Waals surface area contributed by atoms with Crippen LogP contribution in [0.2, 0.25) is 0 Å². The summed E-state index contributed by atoms with van der Waals surface area (Å²) < 4.78 is 12.3. The SMILES string of the molecule is CCCCSC1CC(=O)C(CCCCCC(=O)C[C@H](C(=O)C[C@@H](CCCNC(N)=O)C(=O)Nc2ccc(CC(=O)C(Cc3ccccc3)NC(=O)[C@H](C)[C@@H](OC)[C@@H]3CCCN3C(=O)C[C@@H](OC)[C@H]([C@@H](C)CC)N(C)C(=O)[C@@H](CC(=O)[C@H](C(C)C)N(C)C)C(C)C)cc2)C(C)C)C1=O. The van der Waals surface area contributed by atoms with Crippen molar-refractivity contribution in [1.29, 1.82) is 0 Å². The van der Waals surface area contributed by atoms with Crippen molar-refractivity contribution in [2.24, 2.45) is 59.0 Å². The maximum absolute atomic E-state index is 14.7. The summed E-state index contributed by atoms with van der Waals surface area (Å²) in [5.41, 5.74) is 7.18. The Kier molecular flexibility index (Phi) is 36.1. The summed E-state index contributed by atoms with van der Waals surface area (Å²) in [6.07, 6.45) is 6.16. The number of benzene rings is 2. The van der Waals surface area contributed by atoms with Crippen molar-refractivity contribution in [2.75, 3.05) is 59.5 Å². The molecule has 0 spiro atoms. The summed E-state index contributed by atoms with van der Waals surface area (Å²) in [6.45, 7) is 20.2. The molecule has 20 nitrogen and oxygen atoms in total. The van der Waals surface area contributed by atoms with Gasteiger partial charge in [-0.15, -0.1) is 0 Å². The molecule has 2 aromatic rings. The topological polar surface area (TPSA) is 278 Å². The maximum Gasteiger partial charge on any atom is 0.312 e. The second-order valence-electron chi connectivity index (χ2n) is 28.7. The summed E-state index contributed by atoms with van der Waals surface area (Å²) in [5, 5.41) is 8.28. The quantitative estimate of drug-likeness (QED) is 0.0354. The lowest BCUT2D eigenvalue weighted by Gasteiger charge is -2.41. The van der Waals surface area contributed by atoms with Gasteiger partial charge in [0.2, 0.25) is 23.6 Å². The number of hydrogen-bond acceptors (Lipinski definition) is 15. The van der Waals surface area contributed by atoms with Crippen molar-refractivity contribution in [1.82, 2.24) is 25.3 Å². The lowest BCUT2D eigenvalue weighted by atomic mass is 9.81. The molecule has 1 saturated heterocycles. The molecule has 2 aromatic carbocycles. The summed E-state index contributed by atoms with van der Waals surface area (Å²) >= 11 is 1.58. The van der Waals surface area contributed by atoms with E-state index in [9.17, 15) is 52.7 Å². The standard InChI is InChI=1S/C76H119N7O13S/c1-16-18-39-97-67-45-63(86)57(71(67)90)31-24-20-23-30-56(84)43-58(47(3)4)62(85)42-54(29-25-37-78-76(77)94)74(92)79-55-35-33-53(34-36-55)41-64(87)60(40-52-27-21-19-22-28-52)80-73(91)51(10)72(96-15)61-32-26-38-83(61)68(89)46-66(95-14)70(50(9)17-2)82(13)75(93)59(48(5)6)44-65(88)69(49(7)8)81(11)12/h19,21-22,27-28,33-36,47-51,54,57-61,66-67,69-70,72H,16-18,20,23-26,29-32,37-46H2,1-15H3,(H,79,92)(H,80,91)(H3,77,78,94)/t50-,51+,54+,57?,58-,59-,60?,61-,66+,67?,69-,70-,72+/m0/s1. The number of carbonyl (C=O) groups excluding carboxylic acids is 11. The number of thioether (sulfide) groups is 1. The van der Waals surface area contributed by atoms with Gasteiger partial charge in [-0.25, -0.2) is 4.79 Å². The Morgan fingerprint density at radius 1 is 0.722 bits per heavy atom. The molecule has 0 bridgehead atoms. The molecule has 0 radical (unpaired) electrons. The van der Waals surface area contributed by atoms with Gasteiger partial charge in [-0.1, -0.05) is 137 Å². The predicted octanol–water partition coefficient (Wildman–Crippen LogP) is 10.5. The number of primary amides is 1. The van der Waals surface area contributed by atoms with Crippen LogP contribution in [0.5, 0.6) is 0 Å². The lowest BCUT2D eigenvalue weighted by molar-refractivity contribution is -0.149. The van der Waals surface area contributed by atoms with Crippen LogP contribution < -0.4 is 21.7 Å². The van der Waals surface area contributed by atoms with Crippen molar-refractivity contribution in [3.63, 3.8) is 0 Å². The van der Waals surface area contributed by atoms with E-state index in [0.29, 0.717) is 75.6 Å². The van der Waals surface area contributed by atoms with E-state index >= 15 is 0 Å². The average Bonchev–Trinajstić information content (AvgIpc) is 1.79. The minimum absolute atomic E-state index is 0.0115. The number of Topliss-reactive ketones (excluding diaryl/α,β-unsaturated/α-hetero) is 6. The molecule has 2 aliphatic rings. The molecule has 4 rings (SSSR count). The van der Waals surface area contributed by atoms with E-state index in [2.05, 4.69) is 22.9 Å². The van der Waals surface area contributed by atoms with Crippen molar-refractivity contribution < 1.29 is 62.2 Å². The van der Waals surface area contributed by atoms with Gasteiger partial charge in [-0.05, 0) is 118 Å². The second kappa shape index (κ2) is 42.1. The number of ether oxygens (including phenoxy) is 2. The van der Waals surface area contributed by atoms with E-state index in [4.69, 9.17) is 15.2 Å². The Morgan fingerprint density at radius 3 is 1.98 bits per heavy atom. The molecule has 542 valence electrons. The monoisotopic (exact) mass is 1370 g/mol. The fraction of sp³-hybridized carbons (Fsp3) is 0.697. The number of nitrogens with two attached hydrogens (primary N) is 1. The summed E-state index contributed by atoms with van der Waals surface area (Å²) in [5.74, 6) is -4.56. The fourth-order valence-corrected chi connectivity index (χ4v) is 15.6. The molecule has 1 saturated carbocycles. The highest BCUT2D eigenvalue weighted by molar-refractivity contribution is 8.00. The minimum atomic E-state index is -0.958. The number of anilines is 1.